The van der Waals surface area contributed by atoms with E-state index < -0.39 is 11.4 Å². The number of H-pyrrole nitrogens is 1. The molecule has 0 aliphatic carbocycles. The molecule has 110 valence electrons. The van der Waals surface area contributed by atoms with Crippen molar-refractivity contribution in [1.29, 1.82) is 0 Å². The van der Waals surface area contributed by atoms with Gasteiger partial charge in [0.05, 0.1) is 11.7 Å². The molecule has 1 fully saturated rings. The lowest BCUT2D eigenvalue weighted by molar-refractivity contribution is -0.150. The van der Waals surface area contributed by atoms with Crippen molar-refractivity contribution in [2.24, 2.45) is 11.3 Å². The number of nitrogen functional groups attached to an aromatic ring is 1. The van der Waals surface area contributed by atoms with Crippen LogP contribution >= 0.6 is 0 Å². The van der Waals surface area contributed by atoms with Crippen molar-refractivity contribution in [3.05, 3.63) is 16.7 Å². The average molecular weight is 280 g/mol. The molecular weight excluding hydrogens is 260 g/mol. The first-order valence-corrected chi connectivity index (χ1v) is 6.65. The third-order valence-corrected chi connectivity index (χ3v) is 4.16. The summed E-state index contributed by atoms with van der Waals surface area (Å²) >= 11 is 0. The number of carboxylic acids is 1. The maximum atomic E-state index is 11.5. The van der Waals surface area contributed by atoms with Crippen molar-refractivity contribution in [2.75, 3.05) is 23.7 Å². The SMILES string of the molecule is CC(C)(C(=O)O)C1CCCN(c2nc[nH]c(=O)c2N)C1. The summed E-state index contributed by atoms with van der Waals surface area (Å²) in [6, 6.07) is 0. The first kappa shape index (κ1) is 14.4. The van der Waals surface area contributed by atoms with Gasteiger partial charge in [-0.1, -0.05) is 0 Å². The number of carboxylic acid groups (broad SMARTS) is 1. The first-order chi connectivity index (χ1) is 9.34. The molecule has 7 nitrogen and oxygen atoms in total. The largest absolute Gasteiger partial charge is 0.481 e. The summed E-state index contributed by atoms with van der Waals surface area (Å²) in [7, 11) is 0. The zero-order valence-electron chi connectivity index (χ0n) is 11.7. The van der Waals surface area contributed by atoms with Crippen LogP contribution < -0.4 is 16.2 Å². The summed E-state index contributed by atoms with van der Waals surface area (Å²) in [4.78, 5) is 31.4. The summed E-state index contributed by atoms with van der Waals surface area (Å²) < 4.78 is 0. The molecular formula is C13H20N4O3. The Balaban J connectivity index is 2.25. The molecule has 20 heavy (non-hydrogen) atoms. The molecule has 7 heteroatoms. The van der Waals surface area contributed by atoms with Gasteiger partial charge in [0.2, 0.25) is 0 Å². The van der Waals surface area contributed by atoms with Crippen molar-refractivity contribution in [1.82, 2.24) is 9.97 Å². The minimum atomic E-state index is -0.811. The van der Waals surface area contributed by atoms with Gasteiger partial charge >= 0.3 is 5.97 Å². The standard InChI is InChI=1S/C13H20N4O3/c1-13(2,12(19)20)8-4-3-5-17(6-8)10-9(14)11(18)16-7-15-10/h7-8H,3-6,14H2,1-2H3,(H,19,20)(H,15,16,18). The van der Waals surface area contributed by atoms with Crippen LogP contribution in [0.2, 0.25) is 0 Å². The molecule has 1 aromatic rings. The number of nitrogens with one attached hydrogen (secondary N) is 1. The van der Waals surface area contributed by atoms with Crippen LogP contribution in [-0.2, 0) is 4.79 Å². The lowest BCUT2D eigenvalue weighted by Gasteiger charge is -2.39. The van der Waals surface area contributed by atoms with Gasteiger partial charge in [-0.25, -0.2) is 4.98 Å². The molecule has 0 aromatic carbocycles. The van der Waals surface area contributed by atoms with Crippen LogP contribution in [0.4, 0.5) is 11.5 Å². The molecule has 0 spiro atoms. The van der Waals surface area contributed by atoms with Crippen LogP contribution in [0, 0.1) is 11.3 Å². The summed E-state index contributed by atoms with van der Waals surface area (Å²) in [6.07, 6.45) is 3.02. The first-order valence-electron chi connectivity index (χ1n) is 6.65. The Morgan fingerprint density at radius 2 is 2.30 bits per heavy atom. The van der Waals surface area contributed by atoms with Crippen LogP contribution in [-0.4, -0.2) is 34.1 Å². The number of aliphatic carboxylic acids is 1. The molecule has 0 bridgehead atoms. The van der Waals surface area contributed by atoms with Gasteiger partial charge in [-0.3, -0.25) is 9.59 Å². The van der Waals surface area contributed by atoms with Crippen molar-refractivity contribution in [2.45, 2.75) is 26.7 Å². The molecule has 2 rings (SSSR count). The lowest BCUT2D eigenvalue weighted by Crippen LogP contribution is -2.45. The maximum Gasteiger partial charge on any atom is 0.309 e. The van der Waals surface area contributed by atoms with Gasteiger partial charge in [0.1, 0.15) is 5.69 Å². The molecule has 0 amide bonds. The van der Waals surface area contributed by atoms with Gasteiger partial charge in [0.25, 0.3) is 5.56 Å². The molecule has 4 N–H and O–H groups in total. The number of nitrogens with two attached hydrogens (primary N) is 1. The van der Waals surface area contributed by atoms with E-state index in [1.54, 1.807) is 13.8 Å². The Hall–Kier alpha value is -2.05. The van der Waals surface area contributed by atoms with Gasteiger partial charge in [-0.2, -0.15) is 0 Å². The fourth-order valence-electron chi connectivity index (χ4n) is 2.59. The Bertz CT molecular complexity index is 567. The van der Waals surface area contributed by atoms with Gasteiger partial charge in [-0.05, 0) is 32.6 Å². The van der Waals surface area contributed by atoms with E-state index in [0.29, 0.717) is 12.4 Å². The minimum absolute atomic E-state index is 0.00534. The highest BCUT2D eigenvalue weighted by atomic mass is 16.4. The highest BCUT2D eigenvalue weighted by molar-refractivity contribution is 5.74. The second-order valence-electron chi connectivity index (χ2n) is 5.78. The van der Waals surface area contributed by atoms with Crippen molar-refractivity contribution in [3.63, 3.8) is 0 Å². The van der Waals surface area contributed by atoms with E-state index in [2.05, 4.69) is 9.97 Å². The second kappa shape index (κ2) is 5.15. The summed E-state index contributed by atoms with van der Waals surface area (Å²) in [5, 5.41) is 9.34. The number of piperidine rings is 1. The number of rotatable bonds is 3. The zero-order valence-corrected chi connectivity index (χ0v) is 11.7. The van der Waals surface area contributed by atoms with E-state index >= 15 is 0 Å². The van der Waals surface area contributed by atoms with Crippen LogP contribution in [0.1, 0.15) is 26.7 Å². The third-order valence-electron chi connectivity index (χ3n) is 4.16. The van der Waals surface area contributed by atoms with Crippen molar-refractivity contribution in [3.8, 4) is 0 Å². The third kappa shape index (κ3) is 2.48. The van der Waals surface area contributed by atoms with E-state index in [4.69, 9.17) is 5.73 Å². The van der Waals surface area contributed by atoms with E-state index in [0.717, 1.165) is 19.4 Å². The number of nitrogens with zero attached hydrogens (tertiary/aromatic N) is 2. The maximum absolute atomic E-state index is 11.5. The lowest BCUT2D eigenvalue weighted by atomic mass is 9.74. The molecule has 1 saturated heterocycles. The van der Waals surface area contributed by atoms with Crippen molar-refractivity contribution >= 4 is 17.5 Å². The molecule has 1 atom stereocenters. The quantitative estimate of drug-likeness (QED) is 0.750. The fourth-order valence-corrected chi connectivity index (χ4v) is 2.59. The van der Waals surface area contributed by atoms with E-state index in [9.17, 15) is 14.7 Å². The number of carbonyl (C=O) groups is 1. The highest BCUT2D eigenvalue weighted by Gasteiger charge is 2.39. The summed E-state index contributed by atoms with van der Waals surface area (Å²) in [6.45, 7) is 4.74. The molecule has 1 unspecified atom stereocenters. The Kier molecular flexibility index (Phi) is 3.69. The van der Waals surface area contributed by atoms with E-state index in [-0.39, 0.29) is 17.2 Å². The normalized spacial score (nSPS) is 19.9. The molecule has 1 aromatic heterocycles. The second-order valence-corrected chi connectivity index (χ2v) is 5.78. The van der Waals surface area contributed by atoms with Crippen LogP contribution in [0.15, 0.2) is 11.1 Å². The monoisotopic (exact) mass is 280 g/mol. The number of hydrogen-bond acceptors (Lipinski definition) is 5. The number of anilines is 2. The predicted octanol–water partition coefficient (Wildman–Crippen LogP) is 0.679. The topological polar surface area (TPSA) is 112 Å². The molecule has 0 radical (unpaired) electrons. The van der Waals surface area contributed by atoms with Gasteiger partial charge < -0.3 is 20.7 Å². The zero-order chi connectivity index (χ0) is 14.9. The average Bonchev–Trinajstić information content (AvgIpc) is 2.42. The summed E-state index contributed by atoms with van der Waals surface area (Å²) in [5.74, 6) is -0.370. The number of aromatic amines is 1. The smallest absolute Gasteiger partial charge is 0.309 e. The van der Waals surface area contributed by atoms with Gasteiger partial charge in [-0.15, -0.1) is 0 Å². The van der Waals surface area contributed by atoms with Crippen LogP contribution in [0.25, 0.3) is 0 Å². The van der Waals surface area contributed by atoms with E-state index in [1.807, 2.05) is 4.90 Å². The van der Waals surface area contributed by atoms with E-state index in [1.165, 1.54) is 6.33 Å². The Morgan fingerprint density at radius 3 is 2.95 bits per heavy atom. The molecule has 2 heterocycles. The molecule has 1 aliphatic heterocycles. The molecule has 0 saturated carbocycles. The van der Waals surface area contributed by atoms with Gasteiger partial charge in [0.15, 0.2) is 5.82 Å². The Morgan fingerprint density at radius 1 is 1.60 bits per heavy atom. The Labute approximate surface area is 116 Å². The highest BCUT2D eigenvalue weighted by Crippen LogP contribution is 2.35. The minimum Gasteiger partial charge on any atom is -0.481 e. The van der Waals surface area contributed by atoms with Gasteiger partial charge in [0, 0.05) is 13.1 Å². The summed E-state index contributed by atoms with van der Waals surface area (Å²) in [5.41, 5.74) is 4.67. The van der Waals surface area contributed by atoms with Crippen LogP contribution in [0.5, 0.6) is 0 Å². The predicted molar refractivity (Wildman–Crippen MR) is 75.6 cm³/mol. The number of aromatic nitrogens is 2. The number of hydrogen-bond donors (Lipinski definition) is 3. The van der Waals surface area contributed by atoms with Crippen LogP contribution in [0.3, 0.4) is 0 Å². The molecule has 1 aliphatic rings. The fraction of sp³-hybridized carbons (Fsp3) is 0.615. The van der Waals surface area contributed by atoms with Crippen molar-refractivity contribution < 1.29 is 9.90 Å².